The van der Waals surface area contributed by atoms with Gasteiger partial charge >= 0.3 is 5.97 Å². The van der Waals surface area contributed by atoms with Crippen molar-refractivity contribution in [2.75, 3.05) is 7.11 Å². The number of methoxy groups -OCH3 is 1. The van der Waals surface area contributed by atoms with Crippen molar-refractivity contribution in [3.8, 4) is 22.6 Å². The number of carboxylic acid groups (broad SMARTS) is 1. The Labute approximate surface area is 237 Å². The summed E-state index contributed by atoms with van der Waals surface area (Å²) in [5.41, 5.74) is 3.19. The number of aliphatic hydroxyl groups is 1. The van der Waals surface area contributed by atoms with Gasteiger partial charge in [-0.1, -0.05) is 58.4 Å². The highest BCUT2D eigenvalue weighted by molar-refractivity contribution is 5.70. The van der Waals surface area contributed by atoms with Crippen LogP contribution >= 0.6 is 0 Å². The molecular formula is C34H41FO5. The fourth-order valence-corrected chi connectivity index (χ4v) is 5.42. The lowest BCUT2D eigenvalue weighted by Gasteiger charge is -2.28. The number of carbonyl (C=O) groups is 1. The number of carboxylic acids is 1. The molecule has 0 radical (unpaired) electrons. The fourth-order valence-electron chi connectivity index (χ4n) is 5.42. The monoisotopic (exact) mass is 548 g/mol. The van der Waals surface area contributed by atoms with E-state index in [4.69, 9.17) is 9.47 Å². The van der Waals surface area contributed by atoms with E-state index in [9.17, 15) is 19.4 Å². The second-order valence-corrected chi connectivity index (χ2v) is 12.2. The normalized spacial score (nSPS) is 15.8. The smallest absolute Gasteiger partial charge is 0.303 e. The van der Waals surface area contributed by atoms with E-state index < -0.39 is 23.3 Å². The molecule has 0 amide bonds. The number of benzene rings is 3. The zero-order valence-electron chi connectivity index (χ0n) is 24.2. The van der Waals surface area contributed by atoms with Crippen molar-refractivity contribution in [2.45, 2.75) is 78.4 Å². The molecule has 1 aliphatic rings. The van der Waals surface area contributed by atoms with Crippen molar-refractivity contribution >= 4 is 5.97 Å². The van der Waals surface area contributed by atoms with Crippen LogP contribution in [-0.4, -0.2) is 23.3 Å². The van der Waals surface area contributed by atoms with E-state index in [1.807, 2.05) is 63.2 Å². The molecule has 0 aliphatic heterocycles. The molecule has 0 bridgehead atoms. The minimum atomic E-state index is -0.846. The van der Waals surface area contributed by atoms with Crippen molar-refractivity contribution in [1.82, 2.24) is 0 Å². The fraction of sp³-hybridized carbons (Fsp3) is 0.441. The number of halogens is 1. The van der Waals surface area contributed by atoms with Crippen LogP contribution in [0.15, 0.2) is 60.7 Å². The van der Waals surface area contributed by atoms with Crippen LogP contribution in [0.25, 0.3) is 11.1 Å². The van der Waals surface area contributed by atoms with Gasteiger partial charge in [-0.25, -0.2) is 4.39 Å². The van der Waals surface area contributed by atoms with Gasteiger partial charge in [0, 0.05) is 5.56 Å². The van der Waals surface area contributed by atoms with E-state index in [-0.39, 0.29) is 24.4 Å². The molecule has 214 valence electrons. The van der Waals surface area contributed by atoms with Gasteiger partial charge in [-0.15, -0.1) is 0 Å². The first-order valence-electron chi connectivity index (χ1n) is 14.0. The van der Waals surface area contributed by atoms with Gasteiger partial charge in [0.2, 0.25) is 0 Å². The van der Waals surface area contributed by atoms with Crippen molar-refractivity contribution in [3.63, 3.8) is 0 Å². The maximum atomic E-state index is 14.9. The molecule has 1 saturated carbocycles. The van der Waals surface area contributed by atoms with Crippen LogP contribution in [0.2, 0.25) is 0 Å². The summed E-state index contributed by atoms with van der Waals surface area (Å²) in [4.78, 5) is 11.6. The lowest BCUT2D eigenvalue weighted by atomic mass is 9.81. The second kappa shape index (κ2) is 12.0. The molecule has 0 saturated heterocycles. The standard InChI is InChI=1S/C34H41FO5/c1-6-34(14-15-34)20-24(18-31(36)37)23-8-7-9-26(17-23)40-21-22-10-12-27(29(16-22)32(38)33(2,3)4)28-19-25(39-5)11-13-30(28)35/h7-13,16-17,19,24,32,38H,6,14-15,18,20-21H2,1-5H3,(H,36,37)/t24-,32+/m0/s1. The van der Waals surface area contributed by atoms with Gasteiger partial charge in [0.05, 0.1) is 19.6 Å². The maximum absolute atomic E-state index is 14.9. The Hall–Kier alpha value is -3.38. The topological polar surface area (TPSA) is 76.0 Å². The van der Waals surface area contributed by atoms with E-state index in [0.717, 1.165) is 36.8 Å². The predicted molar refractivity (Wildman–Crippen MR) is 155 cm³/mol. The Bertz CT molecular complexity index is 1340. The summed E-state index contributed by atoms with van der Waals surface area (Å²) >= 11 is 0. The molecule has 40 heavy (non-hydrogen) atoms. The molecule has 1 fully saturated rings. The van der Waals surface area contributed by atoms with Gasteiger partial charge in [-0.05, 0) is 94.7 Å². The van der Waals surface area contributed by atoms with Crippen LogP contribution in [-0.2, 0) is 11.4 Å². The molecule has 3 aromatic rings. The third-order valence-electron chi connectivity index (χ3n) is 8.24. The number of ether oxygens (including phenoxy) is 2. The Kier molecular flexibility index (Phi) is 8.89. The Morgan fingerprint density at radius 2 is 1.77 bits per heavy atom. The van der Waals surface area contributed by atoms with E-state index in [0.29, 0.717) is 28.2 Å². The number of hydrogen-bond donors (Lipinski definition) is 2. The second-order valence-electron chi connectivity index (χ2n) is 12.2. The molecule has 0 heterocycles. The highest BCUT2D eigenvalue weighted by Gasteiger charge is 2.42. The molecule has 1 aliphatic carbocycles. The van der Waals surface area contributed by atoms with Crippen molar-refractivity contribution in [2.24, 2.45) is 10.8 Å². The first kappa shape index (κ1) is 29.6. The molecular weight excluding hydrogens is 507 g/mol. The van der Waals surface area contributed by atoms with Gasteiger partial charge in [0.25, 0.3) is 0 Å². The van der Waals surface area contributed by atoms with Crippen LogP contribution in [0.5, 0.6) is 11.5 Å². The first-order valence-corrected chi connectivity index (χ1v) is 14.0. The molecule has 2 N–H and O–H groups in total. The Morgan fingerprint density at radius 1 is 1.02 bits per heavy atom. The third-order valence-corrected chi connectivity index (χ3v) is 8.24. The van der Waals surface area contributed by atoms with Gasteiger partial charge < -0.3 is 19.7 Å². The molecule has 0 spiro atoms. The first-order chi connectivity index (χ1) is 18.9. The van der Waals surface area contributed by atoms with Crippen LogP contribution in [0.4, 0.5) is 4.39 Å². The zero-order valence-corrected chi connectivity index (χ0v) is 24.2. The predicted octanol–water partition coefficient (Wildman–Crippen LogP) is 8.30. The van der Waals surface area contributed by atoms with E-state index >= 15 is 0 Å². The summed E-state index contributed by atoms with van der Waals surface area (Å²) < 4.78 is 26.4. The van der Waals surface area contributed by atoms with E-state index in [1.54, 1.807) is 12.1 Å². The maximum Gasteiger partial charge on any atom is 0.303 e. The van der Waals surface area contributed by atoms with Gasteiger partial charge in [-0.2, -0.15) is 0 Å². The third kappa shape index (κ3) is 7.03. The summed E-state index contributed by atoms with van der Waals surface area (Å²) in [5, 5.41) is 20.8. The quantitative estimate of drug-likeness (QED) is 0.238. The van der Waals surface area contributed by atoms with Crippen LogP contribution in [0.1, 0.15) is 88.5 Å². The average Bonchev–Trinajstić information content (AvgIpc) is 3.70. The van der Waals surface area contributed by atoms with Gasteiger partial charge in [0.15, 0.2) is 0 Å². The Balaban J connectivity index is 1.60. The SMILES string of the molecule is CCC1(C[C@H](CC(=O)O)c2cccc(OCc3ccc(-c4cc(OC)ccc4F)c([C@@H](O)C(C)(C)C)c3)c2)CC1. The van der Waals surface area contributed by atoms with E-state index in [1.165, 1.54) is 13.2 Å². The van der Waals surface area contributed by atoms with Crippen molar-refractivity contribution in [3.05, 3.63) is 83.2 Å². The molecule has 0 unspecified atom stereocenters. The number of hydrogen-bond acceptors (Lipinski definition) is 4. The largest absolute Gasteiger partial charge is 0.497 e. The molecule has 3 aromatic carbocycles. The minimum absolute atomic E-state index is 0.0610. The summed E-state index contributed by atoms with van der Waals surface area (Å²) in [7, 11) is 1.54. The molecule has 4 rings (SSSR count). The zero-order chi connectivity index (χ0) is 29.1. The molecule has 2 atom stereocenters. The van der Waals surface area contributed by atoms with Gasteiger partial charge in [0.1, 0.15) is 23.9 Å². The molecule has 5 nitrogen and oxygen atoms in total. The van der Waals surface area contributed by atoms with Crippen LogP contribution in [0.3, 0.4) is 0 Å². The van der Waals surface area contributed by atoms with Crippen LogP contribution in [0, 0.1) is 16.6 Å². The van der Waals surface area contributed by atoms with Crippen molar-refractivity contribution < 1.29 is 28.9 Å². The van der Waals surface area contributed by atoms with Gasteiger partial charge in [-0.3, -0.25) is 4.79 Å². The number of rotatable bonds is 12. The van der Waals surface area contributed by atoms with E-state index in [2.05, 4.69) is 6.92 Å². The number of aliphatic hydroxyl groups excluding tert-OH is 1. The summed E-state index contributed by atoms with van der Waals surface area (Å²) in [5.74, 6) is -0.0477. The lowest BCUT2D eigenvalue weighted by Crippen LogP contribution is -2.19. The summed E-state index contributed by atoms with van der Waals surface area (Å²) in [6.07, 6.45) is 3.51. The Morgan fingerprint density at radius 3 is 2.40 bits per heavy atom. The molecule has 6 heteroatoms. The average molecular weight is 549 g/mol. The van der Waals surface area contributed by atoms with Crippen molar-refractivity contribution in [1.29, 1.82) is 0 Å². The highest BCUT2D eigenvalue weighted by Crippen LogP contribution is 2.55. The molecule has 0 aromatic heterocycles. The van der Waals surface area contributed by atoms with Crippen LogP contribution < -0.4 is 9.47 Å². The lowest BCUT2D eigenvalue weighted by molar-refractivity contribution is -0.137. The summed E-state index contributed by atoms with van der Waals surface area (Å²) in [6.45, 7) is 8.25. The number of aliphatic carboxylic acids is 1. The highest BCUT2D eigenvalue weighted by atomic mass is 19.1. The summed E-state index contributed by atoms with van der Waals surface area (Å²) in [6, 6.07) is 17.9. The minimum Gasteiger partial charge on any atom is -0.497 e.